The molecular weight excluding hydrogens is 372 g/mol. The van der Waals surface area contributed by atoms with Crippen molar-refractivity contribution in [2.24, 2.45) is 34.0 Å². The molecule has 0 aliphatic heterocycles. The maximum absolute atomic E-state index is 11.5. The number of ether oxygens (including phenoxy) is 1. The highest BCUT2D eigenvalue weighted by atomic mass is 16.5. The van der Waals surface area contributed by atoms with Crippen LogP contribution in [0.4, 0.5) is 0 Å². The Morgan fingerprint density at radius 1 is 0.967 bits per heavy atom. The van der Waals surface area contributed by atoms with Crippen molar-refractivity contribution in [3.63, 3.8) is 0 Å². The largest absolute Gasteiger partial charge is 0.462 e. The van der Waals surface area contributed by atoms with E-state index in [0.29, 0.717) is 29.3 Å². The molecule has 3 nitrogen and oxygen atoms in total. The predicted molar refractivity (Wildman–Crippen MR) is 123 cm³/mol. The number of allylic oxidation sites excluding steroid dienone is 1. The standard InChI is InChI=1S/C27H46O3/c1-19(13-18-30-20(2)28)9-10-23-26(6)16-11-21-24(3,4)14-8-15-25(21,5)22(26)12-17-27(23,7)29/h13,21-23,29H,8-12,14-18H2,1-7H3/b19-13-/t21-,22+,23-,25-,26+,27-/m0/s1. The number of esters is 1. The van der Waals surface area contributed by atoms with Gasteiger partial charge in [0.05, 0.1) is 5.60 Å². The average Bonchev–Trinajstić information content (AvgIpc) is 2.59. The van der Waals surface area contributed by atoms with Gasteiger partial charge >= 0.3 is 5.97 Å². The fourth-order valence-corrected chi connectivity index (χ4v) is 8.50. The van der Waals surface area contributed by atoms with Gasteiger partial charge in [-0.25, -0.2) is 0 Å². The van der Waals surface area contributed by atoms with Gasteiger partial charge in [-0.15, -0.1) is 0 Å². The Labute approximate surface area is 185 Å². The zero-order valence-corrected chi connectivity index (χ0v) is 20.6. The lowest BCUT2D eigenvalue weighted by molar-refractivity contribution is -0.211. The van der Waals surface area contributed by atoms with Crippen LogP contribution in [0.2, 0.25) is 0 Å². The predicted octanol–water partition coefficient (Wildman–Crippen LogP) is 6.69. The number of carbonyl (C=O) groups is 1. The summed E-state index contributed by atoms with van der Waals surface area (Å²) in [6.45, 7) is 16.2. The topological polar surface area (TPSA) is 46.5 Å². The van der Waals surface area contributed by atoms with E-state index >= 15 is 0 Å². The van der Waals surface area contributed by atoms with Crippen LogP contribution >= 0.6 is 0 Å². The monoisotopic (exact) mass is 418 g/mol. The van der Waals surface area contributed by atoms with Crippen LogP contribution in [0.5, 0.6) is 0 Å². The van der Waals surface area contributed by atoms with Crippen molar-refractivity contribution in [2.45, 2.75) is 112 Å². The minimum absolute atomic E-state index is 0.205. The van der Waals surface area contributed by atoms with Crippen molar-refractivity contribution in [2.75, 3.05) is 6.61 Å². The lowest BCUT2D eigenvalue weighted by Crippen LogP contribution is -2.62. The van der Waals surface area contributed by atoms with Crippen LogP contribution in [0, 0.1) is 34.0 Å². The van der Waals surface area contributed by atoms with E-state index in [1.807, 2.05) is 6.08 Å². The van der Waals surface area contributed by atoms with Crippen molar-refractivity contribution in [3.8, 4) is 0 Å². The van der Waals surface area contributed by atoms with Gasteiger partial charge in [-0.1, -0.05) is 39.7 Å². The van der Waals surface area contributed by atoms with Crippen molar-refractivity contribution in [1.82, 2.24) is 0 Å². The van der Waals surface area contributed by atoms with E-state index in [0.717, 1.165) is 25.2 Å². The van der Waals surface area contributed by atoms with Gasteiger partial charge in [0.15, 0.2) is 0 Å². The zero-order chi connectivity index (χ0) is 22.4. The van der Waals surface area contributed by atoms with E-state index in [4.69, 9.17) is 4.74 Å². The summed E-state index contributed by atoms with van der Waals surface area (Å²) in [5, 5.41) is 11.5. The molecular formula is C27H46O3. The summed E-state index contributed by atoms with van der Waals surface area (Å²) in [7, 11) is 0. The summed E-state index contributed by atoms with van der Waals surface area (Å²) in [6, 6.07) is 0. The Bertz CT molecular complexity index is 676. The first kappa shape index (κ1) is 23.8. The molecule has 0 aromatic heterocycles. The van der Waals surface area contributed by atoms with Gasteiger partial charge in [0.1, 0.15) is 6.61 Å². The lowest BCUT2D eigenvalue weighted by Gasteiger charge is -2.67. The molecule has 3 rings (SSSR count). The first-order valence-corrected chi connectivity index (χ1v) is 12.3. The van der Waals surface area contributed by atoms with E-state index in [1.54, 1.807) is 0 Å². The first-order valence-electron chi connectivity index (χ1n) is 12.3. The van der Waals surface area contributed by atoms with Crippen molar-refractivity contribution in [1.29, 1.82) is 0 Å². The fraction of sp³-hybridized carbons (Fsp3) is 0.889. The molecule has 3 aliphatic rings. The minimum atomic E-state index is -0.588. The van der Waals surface area contributed by atoms with Gasteiger partial charge < -0.3 is 9.84 Å². The third-order valence-corrected chi connectivity index (χ3v) is 9.87. The zero-order valence-electron chi connectivity index (χ0n) is 20.6. The van der Waals surface area contributed by atoms with Gasteiger partial charge in [-0.2, -0.15) is 0 Å². The number of fused-ring (bicyclic) bond motifs is 3. The average molecular weight is 419 g/mol. The maximum atomic E-state index is 11.5. The number of hydrogen-bond acceptors (Lipinski definition) is 3. The van der Waals surface area contributed by atoms with Crippen LogP contribution in [0.15, 0.2) is 11.6 Å². The van der Waals surface area contributed by atoms with Crippen molar-refractivity contribution >= 4 is 5.97 Å². The van der Waals surface area contributed by atoms with Crippen molar-refractivity contribution < 1.29 is 14.6 Å². The Kier molecular flexibility index (Phi) is 6.56. The second-order valence-electron chi connectivity index (χ2n) is 12.3. The van der Waals surface area contributed by atoms with Crippen LogP contribution in [0.25, 0.3) is 0 Å². The third kappa shape index (κ3) is 4.25. The number of rotatable bonds is 5. The molecule has 0 bridgehead atoms. The smallest absolute Gasteiger partial charge is 0.302 e. The highest BCUT2D eigenvalue weighted by molar-refractivity contribution is 5.66. The minimum Gasteiger partial charge on any atom is -0.462 e. The van der Waals surface area contributed by atoms with Crippen molar-refractivity contribution in [3.05, 3.63) is 11.6 Å². The van der Waals surface area contributed by atoms with E-state index in [-0.39, 0.29) is 11.4 Å². The summed E-state index contributed by atoms with van der Waals surface area (Å²) in [6.07, 6.45) is 12.8. The van der Waals surface area contributed by atoms with Crippen LogP contribution in [-0.2, 0) is 9.53 Å². The second-order valence-corrected chi connectivity index (χ2v) is 12.3. The third-order valence-electron chi connectivity index (χ3n) is 9.87. The van der Waals surface area contributed by atoms with E-state index in [9.17, 15) is 9.90 Å². The molecule has 3 aliphatic carbocycles. The molecule has 0 radical (unpaired) electrons. The van der Waals surface area contributed by atoms with Gasteiger partial charge in [0, 0.05) is 6.92 Å². The molecule has 3 saturated carbocycles. The number of aliphatic hydroxyl groups is 1. The quantitative estimate of drug-likeness (QED) is 0.400. The van der Waals surface area contributed by atoms with E-state index in [2.05, 4.69) is 41.5 Å². The highest BCUT2D eigenvalue weighted by Crippen LogP contribution is 2.70. The molecule has 6 atom stereocenters. The Hall–Kier alpha value is -0.830. The van der Waals surface area contributed by atoms with Crippen LogP contribution in [-0.4, -0.2) is 23.3 Å². The molecule has 3 heteroatoms. The molecule has 0 aromatic rings. The van der Waals surface area contributed by atoms with Crippen LogP contribution in [0.3, 0.4) is 0 Å². The molecule has 1 N–H and O–H groups in total. The molecule has 0 saturated heterocycles. The summed E-state index contributed by atoms with van der Waals surface area (Å²) >= 11 is 0. The second kappa shape index (κ2) is 8.26. The van der Waals surface area contributed by atoms with Crippen LogP contribution in [0.1, 0.15) is 106 Å². The Balaban J connectivity index is 1.81. The molecule has 0 amide bonds. The SMILES string of the molecule is CC(=O)OC/C=C(/C)CC[C@H]1[C@]2(C)CC[C@H]3C(C)(C)CCC[C@]3(C)[C@H]2CC[C@]1(C)O. The summed E-state index contributed by atoms with van der Waals surface area (Å²) in [5.41, 5.74) is 1.73. The number of carbonyl (C=O) groups excluding carboxylic acids is 1. The summed E-state index contributed by atoms with van der Waals surface area (Å²) in [4.78, 5) is 11.0. The summed E-state index contributed by atoms with van der Waals surface area (Å²) in [5.74, 6) is 1.61. The summed E-state index contributed by atoms with van der Waals surface area (Å²) < 4.78 is 5.08. The van der Waals surface area contributed by atoms with Gasteiger partial charge in [-0.05, 0) is 105 Å². The molecule has 0 unspecified atom stereocenters. The fourth-order valence-electron chi connectivity index (χ4n) is 8.50. The van der Waals surface area contributed by atoms with E-state index in [1.165, 1.54) is 51.0 Å². The first-order chi connectivity index (χ1) is 13.8. The Morgan fingerprint density at radius 3 is 2.30 bits per heavy atom. The number of hydrogen-bond donors (Lipinski definition) is 1. The molecule has 0 spiro atoms. The Morgan fingerprint density at radius 2 is 1.63 bits per heavy atom. The lowest BCUT2D eigenvalue weighted by atomic mass is 9.38. The molecule has 3 fully saturated rings. The van der Waals surface area contributed by atoms with Gasteiger partial charge in [0.2, 0.25) is 0 Å². The molecule has 0 aromatic carbocycles. The van der Waals surface area contributed by atoms with Crippen LogP contribution < -0.4 is 0 Å². The van der Waals surface area contributed by atoms with Gasteiger partial charge in [0.25, 0.3) is 0 Å². The highest BCUT2D eigenvalue weighted by Gasteiger charge is 2.63. The maximum Gasteiger partial charge on any atom is 0.302 e. The molecule has 0 heterocycles. The van der Waals surface area contributed by atoms with Gasteiger partial charge in [-0.3, -0.25) is 4.79 Å². The molecule has 172 valence electrons. The normalized spacial score (nSPS) is 43.5. The van der Waals surface area contributed by atoms with E-state index < -0.39 is 5.60 Å². The molecule has 30 heavy (non-hydrogen) atoms.